The zero-order chi connectivity index (χ0) is 35.9. The van der Waals surface area contributed by atoms with Crippen LogP contribution in [-0.2, 0) is 41.6 Å². The molecule has 264 valence electrons. The predicted molar refractivity (Wildman–Crippen MR) is 182 cm³/mol. The van der Waals surface area contributed by atoms with Crippen LogP contribution in [0.4, 0.5) is 0 Å². The van der Waals surface area contributed by atoms with Gasteiger partial charge in [0.1, 0.15) is 29.9 Å². The Balaban J connectivity index is 1.68. The Morgan fingerprint density at radius 1 is 0.898 bits per heavy atom. The van der Waals surface area contributed by atoms with Crippen molar-refractivity contribution in [1.82, 2.24) is 20.9 Å². The molecule has 0 aromatic heterocycles. The lowest BCUT2D eigenvalue weighted by atomic mass is 10.0. The number of nitrogens with zero attached hydrogens (tertiary/aromatic N) is 2. The van der Waals surface area contributed by atoms with E-state index in [4.69, 9.17) is 21.9 Å². The van der Waals surface area contributed by atoms with E-state index in [1.54, 1.807) is 24.3 Å². The molecule has 0 unspecified atom stereocenters. The van der Waals surface area contributed by atoms with Crippen molar-refractivity contribution >= 4 is 41.5 Å². The first-order valence-electron chi connectivity index (χ1n) is 16.2. The van der Waals surface area contributed by atoms with E-state index < -0.39 is 66.2 Å². The number of rotatable bonds is 17. The fourth-order valence-corrected chi connectivity index (χ4v) is 5.52. The zero-order valence-electron chi connectivity index (χ0n) is 27.9. The minimum atomic E-state index is -1.08. The molecule has 1 aliphatic rings. The van der Waals surface area contributed by atoms with Crippen LogP contribution in [0, 0.1) is 0 Å². The molecule has 3 rings (SSSR count). The fourth-order valence-electron chi connectivity index (χ4n) is 5.52. The summed E-state index contributed by atoms with van der Waals surface area (Å²) < 4.78 is 5.04. The predicted octanol–water partition coefficient (Wildman–Crippen LogP) is -0.209. The maximum absolute atomic E-state index is 13.5. The number of likely N-dealkylation sites (tertiary alicyclic amines) is 1. The number of nitrogens with two attached hydrogens (primary N) is 3. The normalized spacial score (nSPS) is 15.6. The van der Waals surface area contributed by atoms with E-state index in [2.05, 4.69) is 20.9 Å². The van der Waals surface area contributed by atoms with Crippen LogP contribution in [0.2, 0.25) is 0 Å². The summed E-state index contributed by atoms with van der Waals surface area (Å²) in [6.07, 6.45) is 2.91. The van der Waals surface area contributed by atoms with Crippen molar-refractivity contribution in [1.29, 1.82) is 0 Å². The monoisotopic (exact) mass is 678 g/mol. The number of carbonyl (C=O) groups is 6. The first kappa shape index (κ1) is 38.0. The fraction of sp³-hybridized carbons (Fsp3) is 0.441. The lowest BCUT2D eigenvalue weighted by Crippen LogP contribution is -2.55. The van der Waals surface area contributed by atoms with Crippen molar-refractivity contribution in [2.24, 2.45) is 22.2 Å². The minimum Gasteiger partial charge on any atom is -0.427 e. The second-order valence-electron chi connectivity index (χ2n) is 11.8. The Morgan fingerprint density at radius 3 is 2.18 bits per heavy atom. The number of ether oxygens (including phenoxy) is 1. The maximum Gasteiger partial charge on any atom is 0.308 e. The highest BCUT2D eigenvalue weighted by Gasteiger charge is 2.37. The second kappa shape index (κ2) is 18.8. The Labute approximate surface area is 285 Å². The van der Waals surface area contributed by atoms with Crippen LogP contribution in [-0.4, -0.2) is 83.6 Å². The number of hydrogen-bond acceptors (Lipinski definition) is 8. The Kier molecular flexibility index (Phi) is 14.5. The van der Waals surface area contributed by atoms with Crippen molar-refractivity contribution in [2.45, 2.75) is 83.0 Å². The molecule has 0 bridgehead atoms. The smallest absolute Gasteiger partial charge is 0.308 e. The summed E-state index contributed by atoms with van der Waals surface area (Å²) in [5.74, 6) is -3.35. The van der Waals surface area contributed by atoms with E-state index in [0.717, 1.165) is 12.0 Å². The molecule has 9 N–H and O–H groups in total. The topological polar surface area (TPSA) is 241 Å². The largest absolute Gasteiger partial charge is 0.427 e. The van der Waals surface area contributed by atoms with Gasteiger partial charge in [-0.1, -0.05) is 62.2 Å². The number of esters is 1. The molecule has 1 aliphatic heterocycles. The van der Waals surface area contributed by atoms with Gasteiger partial charge < -0.3 is 42.8 Å². The highest BCUT2D eigenvalue weighted by atomic mass is 16.5. The highest BCUT2D eigenvalue weighted by molar-refractivity contribution is 5.95. The number of hydrogen-bond donors (Lipinski definition) is 6. The molecule has 4 atom stereocenters. The second-order valence-corrected chi connectivity index (χ2v) is 11.8. The average Bonchev–Trinajstić information content (AvgIpc) is 3.56. The third-order valence-corrected chi connectivity index (χ3v) is 7.90. The molecule has 0 aliphatic carbocycles. The summed E-state index contributed by atoms with van der Waals surface area (Å²) >= 11 is 0. The lowest BCUT2D eigenvalue weighted by Gasteiger charge is -2.28. The Morgan fingerprint density at radius 2 is 1.57 bits per heavy atom. The van der Waals surface area contributed by atoms with Crippen LogP contribution in [0.1, 0.15) is 57.1 Å². The molecule has 1 heterocycles. The standard InChI is InChI=1S/C34H46N8O7/c1-3-4-11-25(40-32(47)26(41-34(36)37)18-23-13-15-24(16-14-23)49-21(2)43)31(46)38-20-29(44)39-27(19-22-9-6-5-7-10-22)33(48)42-17-8-12-28(42)30(35)45/h5-7,9-10,13-16,25-28H,3-4,8,11-12,17-20H2,1-2H3,(H2,35,45)(H,38,46)(H,39,44)(H,40,47)(H4,36,37,41)/t25-,26+,27+,28+/m1/s1. The van der Waals surface area contributed by atoms with Gasteiger partial charge in [-0.05, 0) is 42.5 Å². The molecular weight excluding hydrogens is 632 g/mol. The van der Waals surface area contributed by atoms with Gasteiger partial charge in [-0.3, -0.25) is 28.8 Å². The van der Waals surface area contributed by atoms with Crippen LogP contribution in [0.25, 0.3) is 0 Å². The van der Waals surface area contributed by atoms with E-state index in [1.807, 2.05) is 37.3 Å². The van der Waals surface area contributed by atoms with E-state index in [1.165, 1.54) is 11.8 Å². The summed E-state index contributed by atoms with van der Waals surface area (Å²) in [6, 6.07) is 11.7. The number of carbonyl (C=O) groups excluding carboxylic acids is 6. The molecule has 0 radical (unpaired) electrons. The van der Waals surface area contributed by atoms with Gasteiger partial charge in [0.25, 0.3) is 0 Å². The van der Waals surface area contributed by atoms with E-state index >= 15 is 0 Å². The molecular formula is C34H46N8O7. The number of unbranched alkanes of at least 4 members (excludes halogenated alkanes) is 1. The van der Waals surface area contributed by atoms with Gasteiger partial charge in [0.15, 0.2) is 5.96 Å². The molecule has 2 aromatic rings. The molecule has 2 aromatic carbocycles. The number of guanidine groups is 1. The van der Waals surface area contributed by atoms with Crippen LogP contribution >= 0.6 is 0 Å². The van der Waals surface area contributed by atoms with Crippen molar-refractivity contribution in [3.05, 3.63) is 65.7 Å². The molecule has 0 spiro atoms. The van der Waals surface area contributed by atoms with E-state index in [0.29, 0.717) is 37.1 Å². The average molecular weight is 679 g/mol. The molecule has 1 fully saturated rings. The molecule has 1 saturated heterocycles. The van der Waals surface area contributed by atoms with Crippen molar-refractivity contribution in [3.8, 4) is 5.75 Å². The van der Waals surface area contributed by atoms with Gasteiger partial charge in [-0.25, -0.2) is 4.99 Å². The van der Waals surface area contributed by atoms with Gasteiger partial charge in [-0.15, -0.1) is 0 Å². The molecule has 15 nitrogen and oxygen atoms in total. The summed E-state index contributed by atoms with van der Waals surface area (Å²) in [4.78, 5) is 82.0. The number of benzene rings is 2. The van der Waals surface area contributed by atoms with Gasteiger partial charge >= 0.3 is 5.97 Å². The van der Waals surface area contributed by atoms with Crippen LogP contribution in [0.15, 0.2) is 59.6 Å². The highest BCUT2D eigenvalue weighted by Crippen LogP contribution is 2.19. The van der Waals surface area contributed by atoms with Crippen LogP contribution in [0.5, 0.6) is 5.75 Å². The number of nitrogens with one attached hydrogen (secondary N) is 3. The summed E-state index contributed by atoms with van der Waals surface area (Å²) in [5.41, 5.74) is 18.2. The molecule has 49 heavy (non-hydrogen) atoms. The first-order chi connectivity index (χ1) is 23.4. The van der Waals surface area contributed by atoms with Crippen LogP contribution < -0.4 is 37.9 Å². The van der Waals surface area contributed by atoms with Gasteiger partial charge in [0.05, 0.1) is 6.54 Å². The third kappa shape index (κ3) is 12.2. The SMILES string of the molecule is CCCC[C@@H](NC(=O)[C@H](Cc1ccc(OC(C)=O)cc1)N=C(N)N)C(=O)NCC(=O)N[C@@H](Cc1ccccc1)C(=O)N1CCC[C@H]1C(N)=O. The van der Waals surface area contributed by atoms with Gasteiger partial charge in [-0.2, -0.15) is 0 Å². The van der Waals surface area contributed by atoms with Gasteiger partial charge in [0.2, 0.25) is 29.5 Å². The van der Waals surface area contributed by atoms with E-state index in [9.17, 15) is 28.8 Å². The van der Waals surface area contributed by atoms with E-state index in [-0.39, 0.29) is 25.2 Å². The number of aliphatic imine (C=N–C) groups is 1. The van der Waals surface area contributed by atoms with Crippen LogP contribution in [0.3, 0.4) is 0 Å². The third-order valence-electron chi connectivity index (χ3n) is 7.90. The number of amides is 5. The molecule has 5 amide bonds. The summed E-state index contributed by atoms with van der Waals surface area (Å²) in [5, 5.41) is 7.97. The molecule has 0 saturated carbocycles. The Hall–Kier alpha value is -5.47. The Bertz CT molecular complexity index is 1500. The zero-order valence-corrected chi connectivity index (χ0v) is 27.9. The lowest BCUT2D eigenvalue weighted by molar-refractivity contribution is -0.140. The summed E-state index contributed by atoms with van der Waals surface area (Å²) in [6.45, 7) is 3.08. The quantitative estimate of drug-likeness (QED) is 0.0561. The summed E-state index contributed by atoms with van der Waals surface area (Å²) in [7, 11) is 0. The minimum absolute atomic E-state index is 0.0824. The molecule has 15 heteroatoms. The van der Waals surface area contributed by atoms with Crippen molar-refractivity contribution in [2.75, 3.05) is 13.1 Å². The first-order valence-corrected chi connectivity index (χ1v) is 16.2. The van der Waals surface area contributed by atoms with Crippen molar-refractivity contribution in [3.63, 3.8) is 0 Å². The maximum atomic E-state index is 13.5. The van der Waals surface area contributed by atoms with Gasteiger partial charge in [0, 0.05) is 26.3 Å². The van der Waals surface area contributed by atoms with Crippen molar-refractivity contribution < 1.29 is 33.5 Å². The number of primary amides is 1.